The van der Waals surface area contributed by atoms with Gasteiger partial charge >= 0.3 is 0 Å². The minimum absolute atomic E-state index is 0.411. The van der Waals surface area contributed by atoms with Gasteiger partial charge < -0.3 is 5.32 Å². The fourth-order valence-corrected chi connectivity index (χ4v) is 3.34. The number of rotatable bonds is 4. The smallest absolute Gasteiger partial charge is 0.0540 e. The van der Waals surface area contributed by atoms with Gasteiger partial charge in [-0.05, 0) is 51.4 Å². The largest absolute Gasteiger partial charge is 0.307 e. The van der Waals surface area contributed by atoms with E-state index in [-0.39, 0.29) is 0 Å². The number of nitrogens with one attached hydrogen (secondary N) is 1. The molecule has 1 aliphatic carbocycles. The lowest BCUT2D eigenvalue weighted by molar-refractivity contribution is 0.230. The highest BCUT2D eigenvalue weighted by molar-refractivity contribution is 5.19. The average Bonchev–Trinajstić information content (AvgIpc) is 2.70. The maximum absolute atomic E-state index is 4.34. The van der Waals surface area contributed by atoms with Crippen LogP contribution in [0, 0.1) is 18.8 Å². The molecule has 1 unspecified atom stereocenters. The molecule has 1 N–H and O–H groups in total. The Bertz CT molecular complexity index is 400. The third-order valence-corrected chi connectivity index (χ3v) is 4.94. The minimum atomic E-state index is 0.411. The van der Waals surface area contributed by atoms with Crippen molar-refractivity contribution in [2.24, 2.45) is 18.9 Å². The van der Waals surface area contributed by atoms with Gasteiger partial charge in [-0.3, -0.25) is 4.68 Å². The van der Waals surface area contributed by atoms with Gasteiger partial charge in [-0.2, -0.15) is 5.10 Å². The zero-order valence-corrected chi connectivity index (χ0v) is 13.1. The molecule has 0 amide bonds. The van der Waals surface area contributed by atoms with E-state index in [1.165, 1.54) is 36.9 Å². The van der Waals surface area contributed by atoms with Gasteiger partial charge in [-0.25, -0.2) is 0 Å². The molecule has 0 saturated heterocycles. The fraction of sp³-hybridized carbons (Fsp3) is 0.812. The Morgan fingerprint density at radius 2 is 1.84 bits per heavy atom. The second-order valence-electron chi connectivity index (χ2n) is 6.55. The predicted octanol–water partition coefficient (Wildman–Crippen LogP) is 3.59. The molecular formula is C16H29N3. The molecule has 1 saturated carbocycles. The zero-order chi connectivity index (χ0) is 14.0. The van der Waals surface area contributed by atoms with Crippen LogP contribution in [0.2, 0.25) is 0 Å². The lowest BCUT2D eigenvalue weighted by Gasteiger charge is -2.33. The lowest BCUT2D eigenvalue weighted by atomic mass is 9.79. The molecule has 3 heteroatoms. The van der Waals surface area contributed by atoms with Crippen LogP contribution in [0.25, 0.3) is 0 Å². The van der Waals surface area contributed by atoms with Gasteiger partial charge in [0.05, 0.1) is 6.20 Å². The molecule has 19 heavy (non-hydrogen) atoms. The Balaban J connectivity index is 1.87. The van der Waals surface area contributed by atoms with Crippen LogP contribution in [-0.4, -0.2) is 15.8 Å². The van der Waals surface area contributed by atoms with Crippen molar-refractivity contribution in [3.8, 4) is 0 Å². The zero-order valence-electron chi connectivity index (χ0n) is 13.1. The van der Waals surface area contributed by atoms with Crippen molar-refractivity contribution >= 4 is 0 Å². The molecule has 0 bridgehead atoms. The molecular weight excluding hydrogens is 234 g/mol. The van der Waals surface area contributed by atoms with Crippen molar-refractivity contribution in [2.45, 2.75) is 65.5 Å². The average molecular weight is 263 g/mol. The third kappa shape index (κ3) is 3.38. The molecule has 2 rings (SSSR count). The van der Waals surface area contributed by atoms with E-state index in [0.29, 0.717) is 12.1 Å². The molecule has 1 heterocycles. The summed E-state index contributed by atoms with van der Waals surface area (Å²) in [7, 11) is 2.01. The quantitative estimate of drug-likeness (QED) is 0.899. The van der Waals surface area contributed by atoms with E-state index in [0.717, 1.165) is 11.8 Å². The highest BCUT2D eigenvalue weighted by atomic mass is 15.3. The first-order valence-electron chi connectivity index (χ1n) is 7.73. The van der Waals surface area contributed by atoms with E-state index in [1.54, 1.807) is 0 Å². The van der Waals surface area contributed by atoms with E-state index in [9.17, 15) is 0 Å². The van der Waals surface area contributed by atoms with Crippen molar-refractivity contribution in [1.29, 1.82) is 0 Å². The Labute approximate surface area is 117 Å². The Hall–Kier alpha value is -0.830. The third-order valence-electron chi connectivity index (χ3n) is 4.94. The van der Waals surface area contributed by atoms with Crippen LogP contribution in [-0.2, 0) is 7.05 Å². The topological polar surface area (TPSA) is 29.9 Å². The van der Waals surface area contributed by atoms with Crippen LogP contribution in [0.15, 0.2) is 6.20 Å². The van der Waals surface area contributed by atoms with Crippen LogP contribution < -0.4 is 5.32 Å². The SMILES string of the molecule is Cc1c(C(C)NC2CCC(C(C)C)CC2)cnn1C. The van der Waals surface area contributed by atoms with Gasteiger partial charge in [-0.15, -0.1) is 0 Å². The van der Waals surface area contributed by atoms with Gasteiger partial charge in [0.25, 0.3) is 0 Å². The Morgan fingerprint density at radius 1 is 1.21 bits per heavy atom. The molecule has 1 aromatic rings. The number of nitrogens with zero attached hydrogens (tertiary/aromatic N) is 2. The maximum atomic E-state index is 4.34. The Kier molecular flexibility index (Phi) is 4.67. The highest BCUT2D eigenvalue weighted by Crippen LogP contribution is 2.31. The Morgan fingerprint density at radius 3 is 2.32 bits per heavy atom. The molecule has 108 valence electrons. The van der Waals surface area contributed by atoms with Crippen LogP contribution >= 0.6 is 0 Å². The normalized spacial score (nSPS) is 25.8. The summed E-state index contributed by atoms with van der Waals surface area (Å²) in [6, 6.07) is 1.10. The van der Waals surface area contributed by atoms with E-state index in [4.69, 9.17) is 0 Å². The molecule has 1 aliphatic rings. The van der Waals surface area contributed by atoms with E-state index >= 15 is 0 Å². The summed E-state index contributed by atoms with van der Waals surface area (Å²) in [5, 5.41) is 8.14. The van der Waals surface area contributed by atoms with E-state index in [1.807, 2.05) is 17.9 Å². The molecule has 0 aliphatic heterocycles. The second-order valence-corrected chi connectivity index (χ2v) is 6.55. The summed E-state index contributed by atoms with van der Waals surface area (Å²) >= 11 is 0. The standard InChI is InChI=1S/C16H29N3/c1-11(2)14-6-8-15(9-7-14)18-12(3)16-10-17-19(5)13(16)4/h10-12,14-15,18H,6-9H2,1-5H3. The van der Waals surface area contributed by atoms with Gasteiger partial charge in [-0.1, -0.05) is 13.8 Å². The lowest BCUT2D eigenvalue weighted by Crippen LogP contribution is -2.35. The summed E-state index contributed by atoms with van der Waals surface area (Å²) in [6.07, 6.45) is 7.42. The van der Waals surface area contributed by atoms with E-state index in [2.05, 4.69) is 38.1 Å². The van der Waals surface area contributed by atoms with Crippen LogP contribution in [0.4, 0.5) is 0 Å². The van der Waals surface area contributed by atoms with Crippen molar-refractivity contribution in [3.05, 3.63) is 17.5 Å². The van der Waals surface area contributed by atoms with Gasteiger partial charge in [0, 0.05) is 30.4 Å². The van der Waals surface area contributed by atoms with Crippen molar-refractivity contribution in [3.63, 3.8) is 0 Å². The monoisotopic (exact) mass is 263 g/mol. The van der Waals surface area contributed by atoms with Gasteiger partial charge in [0.1, 0.15) is 0 Å². The first-order valence-corrected chi connectivity index (χ1v) is 7.73. The first-order chi connectivity index (χ1) is 8.99. The van der Waals surface area contributed by atoms with Crippen molar-refractivity contribution in [2.75, 3.05) is 0 Å². The summed E-state index contributed by atoms with van der Waals surface area (Å²) in [6.45, 7) is 9.13. The van der Waals surface area contributed by atoms with Crippen molar-refractivity contribution < 1.29 is 0 Å². The fourth-order valence-electron chi connectivity index (χ4n) is 3.34. The minimum Gasteiger partial charge on any atom is -0.307 e. The molecule has 3 nitrogen and oxygen atoms in total. The molecule has 1 atom stereocenters. The van der Waals surface area contributed by atoms with Crippen LogP contribution in [0.1, 0.15) is 63.8 Å². The number of aryl methyl sites for hydroxylation is 1. The molecule has 0 radical (unpaired) electrons. The summed E-state index contributed by atoms with van der Waals surface area (Å²) < 4.78 is 1.96. The first kappa shape index (κ1) is 14.6. The number of hydrogen-bond donors (Lipinski definition) is 1. The van der Waals surface area contributed by atoms with Crippen molar-refractivity contribution in [1.82, 2.24) is 15.1 Å². The molecule has 0 aromatic carbocycles. The second kappa shape index (κ2) is 6.08. The molecule has 1 fully saturated rings. The highest BCUT2D eigenvalue weighted by Gasteiger charge is 2.24. The van der Waals surface area contributed by atoms with Gasteiger partial charge in [0.15, 0.2) is 0 Å². The molecule has 0 spiro atoms. The summed E-state index contributed by atoms with van der Waals surface area (Å²) in [5.74, 6) is 1.78. The van der Waals surface area contributed by atoms with E-state index < -0.39 is 0 Å². The molecule has 1 aromatic heterocycles. The summed E-state index contributed by atoms with van der Waals surface area (Å²) in [5.41, 5.74) is 2.62. The number of hydrogen-bond acceptors (Lipinski definition) is 2. The predicted molar refractivity (Wildman–Crippen MR) is 80.1 cm³/mol. The van der Waals surface area contributed by atoms with Crippen LogP contribution in [0.5, 0.6) is 0 Å². The number of aromatic nitrogens is 2. The van der Waals surface area contributed by atoms with Gasteiger partial charge in [0.2, 0.25) is 0 Å². The maximum Gasteiger partial charge on any atom is 0.0540 e. The summed E-state index contributed by atoms with van der Waals surface area (Å²) in [4.78, 5) is 0. The van der Waals surface area contributed by atoms with Crippen LogP contribution in [0.3, 0.4) is 0 Å².